The highest BCUT2D eigenvalue weighted by atomic mass is 16.4. The van der Waals surface area contributed by atoms with Gasteiger partial charge >= 0.3 is 12.0 Å². The third-order valence-corrected chi connectivity index (χ3v) is 3.04. The molecule has 1 N–H and O–H groups in total. The van der Waals surface area contributed by atoms with Crippen LogP contribution in [-0.4, -0.2) is 52.6 Å². The highest BCUT2D eigenvalue weighted by molar-refractivity contribution is 5.79. The van der Waals surface area contributed by atoms with Gasteiger partial charge in [-0.25, -0.2) is 4.79 Å². The summed E-state index contributed by atoms with van der Waals surface area (Å²) in [5.41, 5.74) is 0. The second kappa shape index (κ2) is 4.51. The summed E-state index contributed by atoms with van der Waals surface area (Å²) in [6.45, 7) is 4.52. The average molecular weight is 214 g/mol. The predicted molar refractivity (Wildman–Crippen MR) is 55.7 cm³/mol. The number of amides is 2. The van der Waals surface area contributed by atoms with Crippen molar-refractivity contribution in [2.75, 3.05) is 13.6 Å². The number of hydrogen-bond acceptors (Lipinski definition) is 2. The van der Waals surface area contributed by atoms with Crippen molar-refractivity contribution in [1.82, 2.24) is 9.80 Å². The van der Waals surface area contributed by atoms with Gasteiger partial charge in [0.15, 0.2) is 0 Å². The lowest BCUT2D eigenvalue weighted by Crippen LogP contribution is -2.36. The molecule has 0 aromatic carbocycles. The van der Waals surface area contributed by atoms with Crippen LogP contribution in [0, 0.1) is 0 Å². The number of rotatable bonds is 4. The van der Waals surface area contributed by atoms with Gasteiger partial charge in [-0.3, -0.25) is 4.79 Å². The van der Waals surface area contributed by atoms with Crippen molar-refractivity contribution < 1.29 is 14.7 Å². The smallest absolute Gasteiger partial charge is 0.320 e. The van der Waals surface area contributed by atoms with Gasteiger partial charge in [0.25, 0.3) is 0 Å². The molecule has 0 saturated carbocycles. The van der Waals surface area contributed by atoms with Crippen LogP contribution in [0.1, 0.15) is 26.7 Å². The minimum atomic E-state index is -0.856. The molecule has 0 aliphatic carbocycles. The van der Waals surface area contributed by atoms with Gasteiger partial charge in [-0.05, 0) is 13.3 Å². The van der Waals surface area contributed by atoms with Crippen LogP contribution in [0.25, 0.3) is 0 Å². The molecular weight excluding hydrogens is 196 g/mol. The second-order valence-corrected chi connectivity index (χ2v) is 4.05. The van der Waals surface area contributed by atoms with E-state index in [1.165, 1.54) is 4.90 Å². The number of likely N-dealkylation sites (N-methyl/N-ethyl adjacent to an activating group) is 1. The molecule has 2 atom stereocenters. The van der Waals surface area contributed by atoms with Gasteiger partial charge in [0, 0.05) is 19.6 Å². The van der Waals surface area contributed by atoms with Gasteiger partial charge in [-0.1, -0.05) is 6.92 Å². The Kier molecular flexibility index (Phi) is 3.55. The fourth-order valence-corrected chi connectivity index (χ4v) is 1.78. The van der Waals surface area contributed by atoms with Gasteiger partial charge in [0.05, 0.1) is 12.5 Å². The number of urea groups is 1. The van der Waals surface area contributed by atoms with E-state index in [1.54, 1.807) is 11.9 Å². The summed E-state index contributed by atoms with van der Waals surface area (Å²) < 4.78 is 0. The minimum Gasteiger partial charge on any atom is -0.481 e. The van der Waals surface area contributed by atoms with Gasteiger partial charge < -0.3 is 14.9 Å². The van der Waals surface area contributed by atoms with Crippen LogP contribution in [0.3, 0.4) is 0 Å². The number of hydrogen-bond donors (Lipinski definition) is 1. The standard InChI is InChI=1S/C10H18N2O3/c1-4-7(2)12-6-8(5-9(13)14)11(3)10(12)15/h7-8H,4-6H2,1-3H3,(H,13,14). The molecule has 1 rings (SSSR count). The van der Waals surface area contributed by atoms with Crippen molar-refractivity contribution in [1.29, 1.82) is 0 Å². The maximum absolute atomic E-state index is 11.8. The van der Waals surface area contributed by atoms with E-state index in [4.69, 9.17) is 5.11 Å². The Labute approximate surface area is 89.7 Å². The van der Waals surface area contributed by atoms with Crippen molar-refractivity contribution in [3.05, 3.63) is 0 Å². The molecular formula is C10H18N2O3. The minimum absolute atomic E-state index is 0.0230. The second-order valence-electron chi connectivity index (χ2n) is 4.05. The summed E-state index contributed by atoms with van der Waals surface area (Å²) in [7, 11) is 1.66. The molecule has 0 aromatic rings. The Morgan fingerprint density at radius 1 is 1.67 bits per heavy atom. The van der Waals surface area contributed by atoms with Gasteiger partial charge in [-0.15, -0.1) is 0 Å². The van der Waals surface area contributed by atoms with E-state index >= 15 is 0 Å². The Morgan fingerprint density at radius 2 is 2.27 bits per heavy atom. The summed E-state index contributed by atoms with van der Waals surface area (Å²) in [4.78, 5) is 25.6. The topological polar surface area (TPSA) is 60.9 Å². The Balaban J connectivity index is 2.67. The fourth-order valence-electron chi connectivity index (χ4n) is 1.78. The molecule has 0 aromatic heterocycles. The molecule has 0 bridgehead atoms. The molecule has 1 fully saturated rings. The summed E-state index contributed by atoms with van der Waals surface area (Å²) >= 11 is 0. The number of aliphatic carboxylic acids is 1. The number of carboxylic acids is 1. The van der Waals surface area contributed by atoms with Crippen LogP contribution in [0.5, 0.6) is 0 Å². The van der Waals surface area contributed by atoms with E-state index in [1.807, 2.05) is 13.8 Å². The molecule has 86 valence electrons. The summed E-state index contributed by atoms with van der Waals surface area (Å²) in [6, 6.07) is -0.0710. The number of nitrogens with zero attached hydrogens (tertiary/aromatic N) is 2. The molecule has 2 unspecified atom stereocenters. The largest absolute Gasteiger partial charge is 0.481 e. The maximum Gasteiger partial charge on any atom is 0.320 e. The summed E-state index contributed by atoms with van der Waals surface area (Å²) in [5.74, 6) is -0.856. The number of carboxylic acid groups (broad SMARTS) is 1. The van der Waals surface area contributed by atoms with E-state index in [0.717, 1.165) is 6.42 Å². The Morgan fingerprint density at radius 3 is 2.73 bits per heavy atom. The van der Waals surface area contributed by atoms with Gasteiger partial charge in [0.1, 0.15) is 0 Å². The summed E-state index contributed by atoms with van der Waals surface area (Å²) in [6.07, 6.45) is 0.911. The number of carbonyl (C=O) groups excluding carboxylic acids is 1. The highest BCUT2D eigenvalue weighted by Crippen LogP contribution is 2.20. The Bertz CT molecular complexity index is 267. The third-order valence-electron chi connectivity index (χ3n) is 3.04. The van der Waals surface area contributed by atoms with Crippen molar-refractivity contribution in [2.24, 2.45) is 0 Å². The Hall–Kier alpha value is -1.26. The molecule has 0 spiro atoms. The third kappa shape index (κ3) is 2.40. The van der Waals surface area contributed by atoms with E-state index < -0.39 is 5.97 Å². The van der Waals surface area contributed by atoms with E-state index in [2.05, 4.69) is 0 Å². The molecule has 5 nitrogen and oxygen atoms in total. The predicted octanol–water partition coefficient (Wildman–Crippen LogP) is 0.996. The monoisotopic (exact) mass is 214 g/mol. The zero-order valence-electron chi connectivity index (χ0n) is 9.43. The molecule has 5 heteroatoms. The molecule has 1 aliphatic heterocycles. The maximum atomic E-state index is 11.8. The van der Waals surface area contributed by atoms with E-state index in [0.29, 0.717) is 6.54 Å². The van der Waals surface area contributed by atoms with Crippen LogP contribution >= 0.6 is 0 Å². The molecule has 2 amide bonds. The summed E-state index contributed by atoms with van der Waals surface area (Å²) in [5, 5.41) is 8.70. The zero-order chi connectivity index (χ0) is 11.6. The zero-order valence-corrected chi connectivity index (χ0v) is 9.43. The quantitative estimate of drug-likeness (QED) is 0.759. The van der Waals surface area contributed by atoms with Crippen LogP contribution in [0.2, 0.25) is 0 Å². The lowest BCUT2D eigenvalue weighted by atomic mass is 10.2. The first-order valence-electron chi connectivity index (χ1n) is 5.22. The first-order valence-corrected chi connectivity index (χ1v) is 5.22. The van der Waals surface area contributed by atoms with Crippen molar-refractivity contribution in [3.63, 3.8) is 0 Å². The lowest BCUT2D eigenvalue weighted by Gasteiger charge is -2.22. The van der Waals surface area contributed by atoms with Crippen LogP contribution in [0.15, 0.2) is 0 Å². The van der Waals surface area contributed by atoms with Crippen molar-refractivity contribution >= 4 is 12.0 Å². The highest BCUT2D eigenvalue weighted by Gasteiger charge is 2.37. The lowest BCUT2D eigenvalue weighted by molar-refractivity contribution is -0.137. The SMILES string of the molecule is CCC(C)N1CC(CC(=O)O)N(C)C1=O. The van der Waals surface area contributed by atoms with Gasteiger partial charge in [0.2, 0.25) is 0 Å². The van der Waals surface area contributed by atoms with E-state index in [9.17, 15) is 9.59 Å². The molecule has 1 heterocycles. The average Bonchev–Trinajstić information content (AvgIpc) is 2.44. The first-order chi connectivity index (χ1) is 6.97. The normalized spacial score (nSPS) is 23.4. The first kappa shape index (κ1) is 11.8. The molecule has 15 heavy (non-hydrogen) atoms. The molecule has 1 saturated heterocycles. The van der Waals surface area contributed by atoms with Crippen LogP contribution in [-0.2, 0) is 4.79 Å². The van der Waals surface area contributed by atoms with Crippen molar-refractivity contribution in [3.8, 4) is 0 Å². The molecule has 0 radical (unpaired) electrons. The van der Waals surface area contributed by atoms with Crippen molar-refractivity contribution in [2.45, 2.75) is 38.8 Å². The van der Waals surface area contributed by atoms with Crippen LogP contribution < -0.4 is 0 Å². The van der Waals surface area contributed by atoms with Gasteiger partial charge in [-0.2, -0.15) is 0 Å². The van der Waals surface area contributed by atoms with E-state index in [-0.39, 0.29) is 24.5 Å². The van der Waals surface area contributed by atoms with Crippen LogP contribution in [0.4, 0.5) is 4.79 Å². The molecule has 1 aliphatic rings. The number of carbonyl (C=O) groups is 2. The fraction of sp³-hybridized carbons (Fsp3) is 0.800.